The third kappa shape index (κ3) is 11.0. The molecule has 9 heavy (non-hydrogen) atoms. The maximum absolute atomic E-state index is 9.50. The quantitative estimate of drug-likeness (QED) is 0.374. The number of aliphatic carboxylic acids is 2. The van der Waals surface area contributed by atoms with E-state index >= 15 is 0 Å². The SMILES string of the molecule is O=C([O-])CCC(=O)[O-].[Be+2]. The summed E-state index contributed by atoms with van der Waals surface area (Å²) < 4.78 is 0. The van der Waals surface area contributed by atoms with E-state index in [1.165, 1.54) is 0 Å². The maximum Gasteiger partial charge on any atom is 2.00 e. The summed E-state index contributed by atoms with van der Waals surface area (Å²) in [4.78, 5) is 19.0. The molecule has 4 nitrogen and oxygen atoms in total. The Morgan fingerprint density at radius 1 is 1.00 bits per heavy atom. The molecule has 0 heterocycles. The first-order valence-electron chi connectivity index (χ1n) is 2.02. The van der Waals surface area contributed by atoms with Crippen LogP contribution >= 0.6 is 0 Å². The van der Waals surface area contributed by atoms with E-state index in [-0.39, 0.29) is 10.1 Å². The summed E-state index contributed by atoms with van der Waals surface area (Å²) >= 11 is 0. The van der Waals surface area contributed by atoms with Gasteiger partial charge in [0.1, 0.15) is 0 Å². The molecule has 0 saturated heterocycles. The van der Waals surface area contributed by atoms with Gasteiger partial charge in [0.05, 0.1) is 0 Å². The largest absolute Gasteiger partial charge is 2.00 e. The fourth-order valence-corrected chi connectivity index (χ4v) is 0.204. The van der Waals surface area contributed by atoms with Crippen LogP contribution in [-0.2, 0) is 9.59 Å². The second-order valence-corrected chi connectivity index (χ2v) is 1.24. The van der Waals surface area contributed by atoms with E-state index < -0.39 is 24.8 Å². The summed E-state index contributed by atoms with van der Waals surface area (Å²) in [5.74, 6) is -2.73. The van der Waals surface area contributed by atoms with Gasteiger partial charge in [-0.3, -0.25) is 0 Å². The predicted molar refractivity (Wildman–Crippen MR) is 25.0 cm³/mol. The molecular weight excluding hydrogens is 121 g/mol. The van der Waals surface area contributed by atoms with Crippen molar-refractivity contribution >= 4 is 22.1 Å². The Balaban J connectivity index is 0. The minimum atomic E-state index is -1.37. The fourth-order valence-electron chi connectivity index (χ4n) is 0.204. The standard InChI is InChI=1S/C4H6O4.Be/c5-3(6)1-2-4(7)8;/h1-2H2,(H,5,6)(H,7,8);/q;+2/p-2. The van der Waals surface area contributed by atoms with Crippen molar-refractivity contribution in [2.75, 3.05) is 0 Å². The van der Waals surface area contributed by atoms with Gasteiger partial charge < -0.3 is 19.8 Å². The Kier molecular flexibility index (Phi) is 6.40. The van der Waals surface area contributed by atoms with E-state index in [1.807, 2.05) is 0 Å². The Hall–Kier alpha value is -0.891. The van der Waals surface area contributed by atoms with Crippen LogP contribution in [0.5, 0.6) is 0 Å². The minimum absolute atomic E-state index is 0. The van der Waals surface area contributed by atoms with Crippen molar-refractivity contribution in [2.45, 2.75) is 12.8 Å². The van der Waals surface area contributed by atoms with Gasteiger partial charge in [0.15, 0.2) is 0 Å². The van der Waals surface area contributed by atoms with Crippen molar-refractivity contribution in [2.24, 2.45) is 0 Å². The van der Waals surface area contributed by atoms with E-state index in [4.69, 9.17) is 0 Å². The number of carbonyl (C=O) groups excluding carboxylic acids is 2. The number of hydrogen-bond donors (Lipinski definition) is 0. The van der Waals surface area contributed by atoms with Gasteiger partial charge in [-0.25, -0.2) is 0 Å². The second kappa shape index (κ2) is 5.25. The topological polar surface area (TPSA) is 80.3 Å². The van der Waals surface area contributed by atoms with Crippen LogP contribution in [0.25, 0.3) is 0 Å². The molecule has 0 aliphatic heterocycles. The van der Waals surface area contributed by atoms with Crippen molar-refractivity contribution in [3.63, 3.8) is 0 Å². The van der Waals surface area contributed by atoms with Gasteiger partial charge in [-0.05, 0) is 12.8 Å². The predicted octanol–water partition coefficient (Wildman–Crippen LogP) is -3.11. The molecule has 0 unspecified atom stereocenters. The van der Waals surface area contributed by atoms with Crippen molar-refractivity contribution in [3.05, 3.63) is 0 Å². The van der Waals surface area contributed by atoms with Crippen LogP contribution in [-0.4, -0.2) is 22.1 Å². The zero-order valence-electron chi connectivity index (χ0n) is 4.75. The normalized spacial score (nSPS) is 7.56. The van der Waals surface area contributed by atoms with Crippen molar-refractivity contribution in [1.82, 2.24) is 0 Å². The van der Waals surface area contributed by atoms with Crippen LogP contribution in [0.4, 0.5) is 0 Å². The number of hydrogen-bond acceptors (Lipinski definition) is 4. The summed E-state index contributed by atoms with van der Waals surface area (Å²) in [6.45, 7) is 0. The molecule has 0 aromatic rings. The van der Waals surface area contributed by atoms with E-state index in [0.29, 0.717) is 0 Å². The molecule has 0 bridgehead atoms. The van der Waals surface area contributed by atoms with Crippen molar-refractivity contribution in [3.8, 4) is 0 Å². The van der Waals surface area contributed by atoms with Gasteiger partial charge in [-0.2, -0.15) is 0 Å². The summed E-state index contributed by atoms with van der Waals surface area (Å²) in [6, 6.07) is 0. The molecule has 0 saturated carbocycles. The molecule has 0 atom stereocenters. The average molecular weight is 125 g/mol. The molecule has 0 radical (unpaired) electrons. The zero-order chi connectivity index (χ0) is 6.57. The smallest absolute Gasteiger partial charge is 0.550 e. The van der Waals surface area contributed by atoms with E-state index in [2.05, 4.69) is 0 Å². The minimum Gasteiger partial charge on any atom is -0.550 e. The third-order valence-corrected chi connectivity index (χ3v) is 0.533. The first kappa shape index (κ1) is 11.0. The zero-order valence-corrected chi connectivity index (χ0v) is 4.75. The van der Waals surface area contributed by atoms with E-state index in [9.17, 15) is 19.8 Å². The number of carboxylic acid groups (broad SMARTS) is 2. The van der Waals surface area contributed by atoms with Gasteiger partial charge in [0.25, 0.3) is 0 Å². The first-order chi connectivity index (χ1) is 3.63. The first-order valence-corrected chi connectivity index (χ1v) is 2.02. The molecule has 0 aromatic carbocycles. The molecule has 0 rings (SSSR count). The molecule has 0 spiro atoms. The van der Waals surface area contributed by atoms with Gasteiger partial charge in [0, 0.05) is 11.9 Å². The van der Waals surface area contributed by atoms with Crippen molar-refractivity contribution in [1.29, 1.82) is 0 Å². The van der Waals surface area contributed by atoms with Gasteiger partial charge in [-0.15, -0.1) is 0 Å². The molecule has 46 valence electrons. The third-order valence-electron chi connectivity index (χ3n) is 0.533. The Morgan fingerprint density at radius 3 is 1.33 bits per heavy atom. The summed E-state index contributed by atoms with van der Waals surface area (Å²) in [7, 11) is 0. The molecule has 0 aliphatic rings. The molecular formula is C4H4BeO4. The summed E-state index contributed by atoms with van der Waals surface area (Å²) in [5, 5.41) is 19.0. The Labute approximate surface area is 55.7 Å². The molecule has 0 aliphatic carbocycles. The Morgan fingerprint density at radius 2 is 1.22 bits per heavy atom. The van der Waals surface area contributed by atoms with Crippen molar-refractivity contribution < 1.29 is 19.8 Å². The number of carboxylic acids is 2. The monoisotopic (exact) mass is 125 g/mol. The van der Waals surface area contributed by atoms with E-state index in [1.54, 1.807) is 0 Å². The van der Waals surface area contributed by atoms with Crippen LogP contribution in [0.15, 0.2) is 0 Å². The number of carbonyl (C=O) groups is 2. The molecule has 0 aromatic heterocycles. The van der Waals surface area contributed by atoms with Gasteiger partial charge in [-0.1, -0.05) is 0 Å². The van der Waals surface area contributed by atoms with Crippen LogP contribution in [0.1, 0.15) is 12.8 Å². The van der Waals surface area contributed by atoms with Gasteiger partial charge >= 0.3 is 10.1 Å². The maximum atomic E-state index is 9.50. The van der Waals surface area contributed by atoms with Gasteiger partial charge in [0.2, 0.25) is 0 Å². The molecule has 0 N–H and O–H groups in total. The van der Waals surface area contributed by atoms with Crippen LogP contribution in [0.2, 0.25) is 0 Å². The summed E-state index contributed by atoms with van der Waals surface area (Å²) in [6.07, 6.45) is -0.940. The Bertz CT molecular complexity index is 97.1. The van der Waals surface area contributed by atoms with Crippen LogP contribution in [0.3, 0.4) is 0 Å². The second-order valence-electron chi connectivity index (χ2n) is 1.24. The fraction of sp³-hybridized carbons (Fsp3) is 0.500. The molecule has 0 amide bonds. The summed E-state index contributed by atoms with van der Waals surface area (Å²) in [5.41, 5.74) is 0. The van der Waals surface area contributed by atoms with E-state index in [0.717, 1.165) is 0 Å². The molecule has 0 fully saturated rings. The molecule has 5 heteroatoms. The van der Waals surface area contributed by atoms with Crippen LogP contribution < -0.4 is 10.2 Å². The number of rotatable bonds is 3. The van der Waals surface area contributed by atoms with Crippen LogP contribution in [0, 0.1) is 0 Å². The average Bonchev–Trinajstić information content (AvgIpc) is 1.61.